The lowest BCUT2D eigenvalue weighted by Crippen LogP contribution is -2.21. The van der Waals surface area contributed by atoms with Crippen LogP contribution in [-0.4, -0.2) is 36.9 Å². The molecule has 0 amide bonds. The van der Waals surface area contributed by atoms with Gasteiger partial charge in [-0.15, -0.1) is 0 Å². The Kier molecular flexibility index (Phi) is 7.52. The summed E-state index contributed by atoms with van der Waals surface area (Å²) in [7, 11) is -3.50. The van der Waals surface area contributed by atoms with Crippen LogP contribution in [0.4, 0.5) is 15.9 Å². The number of hydrogen-bond acceptors (Lipinski definition) is 8. The Balaban J connectivity index is 1.30. The summed E-state index contributed by atoms with van der Waals surface area (Å²) in [5.74, 6) is 0.985. The van der Waals surface area contributed by atoms with Gasteiger partial charge in [-0.1, -0.05) is 23.7 Å². The van der Waals surface area contributed by atoms with E-state index in [-0.39, 0.29) is 19.0 Å². The lowest BCUT2D eigenvalue weighted by atomic mass is 10.1. The van der Waals surface area contributed by atoms with E-state index in [1.165, 1.54) is 18.5 Å². The van der Waals surface area contributed by atoms with Gasteiger partial charge in [-0.3, -0.25) is 0 Å². The molecule has 0 saturated heterocycles. The monoisotopic (exact) mass is 582 g/mol. The SMILES string of the molecule is [2H]C([2H])(CS(C)(=O)=O)NCc1ccc(-c2ccc3ncnc(Nc4ccc(OCc5cccc(F)c5)c(Cl)c4)c3c2)o1. The Morgan fingerprint density at radius 2 is 1.95 bits per heavy atom. The number of furan rings is 1. The number of ether oxygens (including phenoxy) is 1. The van der Waals surface area contributed by atoms with Crippen LogP contribution in [0.25, 0.3) is 22.2 Å². The van der Waals surface area contributed by atoms with Gasteiger partial charge in [0.1, 0.15) is 51.7 Å². The molecule has 2 heterocycles. The first-order valence-electron chi connectivity index (χ1n) is 13.1. The van der Waals surface area contributed by atoms with Crippen molar-refractivity contribution in [3.8, 4) is 17.1 Å². The largest absolute Gasteiger partial charge is 0.487 e. The molecule has 8 nitrogen and oxygen atoms in total. The van der Waals surface area contributed by atoms with Crippen molar-refractivity contribution in [1.82, 2.24) is 15.3 Å². The Hall–Kier alpha value is -3.99. The van der Waals surface area contributed by atoms with Gasteiger partial charge in [0, 0.05) is 32.1 Å². The van der Waals surface area contributed by atoms with Crippen molar-refractivity contribution in [1.29, 1.82) is 0 Å². The maximum absolute atomic E-state index is 13.4. The van der Waals surface area contributed by atoms with E-state index < -0.39 is 22.1 Å². The molecule has 0 bridgehead atoms. The second-order valence-electron chi connectivity index (χ2n) is 9.01. The quantitative estimate of drug-likeness (QED) is 0.191. The van der Waals surface area contributed by atoms with E-state index in [0.717, 1.165) is 17.2 Å². The number of aromatic nitrogens is 2. The number of hydrogen-bond donors (Lipinski definition) is 2. The average molecular weight is 583 g/mol. The lowest BCUT2D eigenvalue weighted by Gasteiger charge is -2.12. The Morgan fingerprint density at radius 3 is 2.75 bits per heavy atom. The first kappa shape index (κ1) is 25.0. The Bertz CT molecular complexity index is 1850. The predicted molar refractivity (Wildman–Crippen MR) is 154 cm³/mol. The third-order valence-electron chi connectivity index (χ3n) is 5.78. The number of halogens is 2. The fourth-order valence-corrected chi connectivity index (χ4v) is 4.49. The summed E-state index contributed by atoms with van der Waals surface area (Å²) in [6.45, 7) is -1.92. The summed E-state index contributed by atoms with van der Waals surface area (Å²) in [5.41, 5.74) is 2.78. The molecular weight excluding hydrogens is 555 g/mol. The average Bonchev–Trinajstić information content (AvgIpc) is 3.40. The summed E-state index contributed by atoms with van der Waals surface area (Å²) in [6.07, 6.45) is 2.43. The van der Waals surface area contributed by atoms with E-state index in [0.29, 0.717) is 44.9 Å². The van der Waals surface area contributed by atoms with Gasteiger partial charge in [0.25, 0.3) is 0 Å². The van der Waals surface area contributed by atoms with Gasteiger partial charge >= 0.3 is 0 Å². The van der Waals surface area contributed by atoms with E-state index in [4.69, 9.17) is 23.5 Å². The van der Waals surface area contributed by atoms with Crippen molar-refractivity contribution in [3.63, 3.8) is 0 Å². The molecule has 2 N–H and O–H groups in total. The lowest BCUT2D eigenvalue weighted by molar-refractivity contribution is 0.306. The molecule has 11 heteroatoms. The van der Waals surface area contributed by atoms with E-state index in [2.05, 4.69) is 20.6 Å². The smallest absolute Gasteiger partial charge is 0.148 e. The fourth-order valence-electron chi connectivity index (χ4n) is 3.89. The zero-order chi connectivity index (χ0) is 29.9. The first-order valence-corrected chi connectivity index (χ1v) is 14.6. The zero-order valence-corrected chi connectivity index (χ0v) is 22.9. The standard InChI is InChI=1S/C29H26ClFN4O4S/c1-40(36,37)12-11-32-16-23-7-10-27(39-23)20-5-8-26-24(14-20)29(34-18-33-26)35-22-6-9-28(25(30)15-22)38-17-19-3-2-4-21(31)13-19/h2-10,13-15,18,32H,11-12,16-17H2,1H3,(H,33,34,35)/i11D2. The zero-order valence-electron chi connectivity index (χ0n) is 23.3. The second kappa shape index (κ2) is 12.0. The van der Waals surface area contributed by atoms with Crippen LogP contribution in [0.2, 0.25) is 5.02 Å². The number of nitrogens with one attached hydrogen (secondary N) is 2. The van der Waals surface area contributed by atoms with Crippen LogP contribution in [0.15, 0.2) is 83.5 Å². The van der Waals surface area contributed by atoms with Crippen molar-refractivity contribution in [2.75, 3.05) is 23.8 Å². The molecule has 2 aromatic heterocycles. The summed E-state index contributed by atoms with van der Waals surface area (Å²) in [6, 6.07) is 20.4. The molecule has 5 aromatic rings. The predicted octanol–water partition coefficient (Wildman–Crippen LogP) is 6.14. The van der Waals surface area contributed by atoms with Crippen molar-refractivity contribution in [3.05, 3.63) is 101 Å². The molecule has 0 aliphatic heterocycles. The molecule has 0 fully saturated rings. The van der Waals surface area contributed by atoms with Crippen molar-refractivity contribution in [2.24, 2.45) is 0 Å². The normalized spacial score (nSPS) is 12.7. The van der Waals surface area contributed by atoms with Gasteiger partial charge in [0.2, 0.25) is 0 Å². The van der Waals surface area contributed by atoms with Gasteiger partial charge in [0.05, 0.1) is 22.8 Å². The molecule has 0 atom stereocenters. The molecule has 0 aliphatic carbocycles. The minimum absolute atomic E-state index is 0.00865. The van der Waals surface area contributed by atoms with Crippen molar-refractivity contribution >= 4 is 43.8 Å². The number of sulfone groups is 1. The number of benzene rings is 3. The summed E-state index contributed by atoms with van der Waals surface area (Å²) < 4.78 is 63.8. The molecule has 206 valence electrons. The number of nitrogens with zero attached hydrogens (tertiary/aromatic N) is 2. The minimum atomic E-state index is -3.50. The van der Waals surface area contributed by atoms with Crippen molar-refractivity contribution in [2.45, 2.75) is 13.2 Å². The maximum atomic E-state index is 13.4. The topological polar surface area (TPSA) is 106 Å². The molecule has 0 unspecified atom stereocenters. The van der Waals surface area contributed by atoms with Gasteiger partial charge in [0.15, 0.2) is 0 Å². The van der Waals surface area contributed by atoms with Crippen LogP contribution in [0.5, 0.6) is 5.75 Å². The van der Waals surface area contributed by atoms with Gasteiger partial charge in [-0.05, 0) is 66.2 Å². The summed E-state index contributed by atoms with van der Waals surface area (Å²) >= 11 is 6.46. The van der Waals surface area contributed by atoms with Crippen LogP contribution in [0.3, 0.4) is 0 Å². The molecule has 5 rings (SSSR count). The van der Waals surface area contributed by atoms with Crippen LogP contribution in [-0.2, 0) is 23.0 Å². The van der Waals surface area contributed by atoms with Crippen LogP contribution >= 0.6 is 11.6 Å². The van der Waals surface area contributed by atoms with E-state index in [1.54, 1.807) is 42.5 Å². The number of anilines is 2. The molecule has 40 heavy (non-hydrogen) atoms. The summed E-state index contributed by atoms with van der Waals surface area (Å²) in [5, 5.41) is 6.94. The first-order chi connectivity index (χ1) is 19.9. The van der Waals surface area contributed by atoms with Crippen LogP contribution in [0.1, 0.15) is 14.1 Å². The van der Waals surface area contributed by atoms with Gasteiger partial charge in [-0.2, -0.15) is 0 Å². The van der Waals surface area contributed by atoms with Crippen molar-refractivity contribution < 1.29 is 24.7 Å². The van der Waals surface area contributed by atoms with E-state index in [1.807, 2.05) is 18.2 Å². The van der Waals surface area contributed by atoms with Gasteiger partial charge in [-0.25, -0.2) is 22.8 Å². The van der Waals surface area contributed by atoms with E-state index >= 15 is 0 Å². The fraction of sp³-hybridized carbons (Fsp3) is 0.172. The highest BCUT2D eigenvalue weighted by Gasteiger charge is 2.11. The highest BCUT2D eigenvalue weighted by molar-refractivity contribution is 7.90. The third kappa shape index (κ3) is 7.15. The molecule has 0 saturated carbocycles. The molecule has 0 spiro atoms. The van der Waals surface area contributed by atoms with E-state index in [9.17, 15) is 12.8 Å². The Labute approximate surface area is 238 Å². The van der Waals surface area contributed by atoms with Crippen LogP contribution in [0, 0.1) is 5.82 Å². The highest BCUT2D eigenvalue weighted by atomic mass is 35.5. The second-order valence-corrected chi connectivity index (χ2v) is 11.6. The van der Waals surface area contributed by atoms with Gasteiger partial charge < -0.3 is 19.8 Å². The third-order valence-corrected chi connectivity index (χ3v) is 6.75. The molecule has 0 radical (unpaired) electrons. The molecule has 3 aromatic carbocycles. The molecular formula is C29H26ClFN4O4S. The summed E-state index contributed by atoms with van der Waals surface area (Å²) in [4.78, 5) is 8.75. The highest BCUT2D eigenvalue weighted by Crippen LogP contribution is 2.32. The minimum Gasteiger partial charge on any atom is -0.487 e. The van der Waals surface area contributed by atoms with Crippen LogP contribution < -0.4 is 15.4 Å². The maximum Gasteiger partial charge on any atom is 0.148 e. The molecule has 0 aliphatic rings. The Morgan fingerprint density at radius 1 is 1.07 bits per heavy atom. The number of fused-ring (bicyclic) bond motifs is 1. The number of rotatable bonds is 11.